The summed E-state index contributed by atoms with van der Waals surface area (Å²) < 4.78 is 10.5. The normalized spacial score (nSPS) is 18.0. The van der Waals surface area contributed by atoms with Gasteiger partial charge in [0.1, 0.15) is 0 Å². The summed E-state index contributed by atoms with van der Waals surface area (Å²) in [4.78, 5) is 24.0. The minimum Gasteiger partial charge on any atom is -0.493 e. The molecule has 7 nitrogen and oxygen atoms in total. The van der Waals surface area contributed by atoms with Gasteiger partial charge in [0.05, 0.1) is 27.2 Å². The van der Waals surface area contributed by atoms with Crippen LogP contribution in [0.15, 0.2) is 18.2 Å². The van der Waals surface area contributed by atoms with Gasteiger partial charge in [0.2, 0.25) is 0 Å². The second-order valence-corrected chi connectivity index (χ2v) is 5.67. The van der Waals surface area contributed by atoms with Crippen molar-refractivity contribution >= 4 is 11.8 Å². The third-order valence-corrected chi connectivity index (χ3v) is 3.89. The molecule has 7 heteroatoms. The highest BCUT2D eigenvalue weighted by Gasteiger charge is 2.42. The van der Waals surface area contributed by atoms with E-state index in [2.05, 4.69) is 0 Å². The molecule has 0 spiro atoms. The molecule has 126 valence electrons. The van der Waals surface area contributed by atoms with E-state index in [1.54, 1.807) is 28.3 Å². The lowest BCUT2D eigenvalue weighted by Gasteiger charge is -2.20. The van der Waals surface area contributed by atoms with E-state index in [1.807, 2.05) is 23.5 Å². The van der Waals surface area contributed by atoms with Crippen LogP contribution in [0.2, 0.25) is 0 Å². The lowest BCUT2D eigenvalue weighted by molar-refractivity contribution is -0.674. The van der Waals surface area contributed by atoms with E-state index < -0.39 is 0 Å². The van der Waals surface area contributed by atoms with Crippen molar-refractivity contribution in [3.8, 4) is 11.5 Å². The molecular weight excluding hydrogens is 298 g/mol. The maximum Gasteiger partial charge on any atom is 0.302 e. The molecule has 1 aromatic carbocycles. The molecule has 0 aliphatic carbocycles. The summed E-state index contributed by atoms with van der Waals surface area (Å²) in [5.74, 6) is 1.09. The zero-order valence-electron chi connectivity index (χ0n) is 14.0. The van der Waals surface area contributed by atoms with Crippen molar-refractivity contribution < 1.29 is 24.4 Å². The third kappa shape index (κ3) is 3.80. The Kier molecular flexibility index (Phi) is 5.57. The summed E-state index contributed by atoms with van der Waals surface area (Å²) in [5, 5.41) is 4.67. The summed E-state index contributed by atoms with van der Waals surface area (Å²) >= 11 is 0. The number of ether oxygens (including phenoxy) is 2. The van der Waals surface area contributed by atoms with Crippen LogP contribution >= 0.6 is 0 Å². The highest BCUT2D eigenvalue weighted by Crippen LogP contribution is 2.27. The number of hydrogen-bond donors (Lipinski definition) is 1. The standard InChI is InChI=1S/C16H23N3O4/c1-18(2)19-15(20)10-12(16(19)21)17-8-7-11-5-6-13(22-3)14(9-11)23-4/h5-6,9,12,17H,7-8,10H2,1-4H3/p+1/t12-/m0/s1. The van der Waals surface area contributed by atoms with Crippen molar-refractivity contribution in [2.45, 2.75) is 18.9 Å². The topological polar surface area (TPSA) is 75.7 Å². The van der Waals surface area contributed by atoms with E-state index in [0.717, 1.165) is 18.5 Å². The van der Waals surface area contributed by atoms with Gasteiger partial charge < -0.3 is 14.8 Å². The lowest BCUT2D eigenvalue weighted by Crippen LogP contribution is -2.92. The number of methoxy groups -OCH3 is 2. The van der Waals surface area contributed by atoms with Crippen molar-refractivity contribution in [2.24, 2.45) is 0 Å². The Labute approximate surface area is 136 Å². The first-order valence-electron chi connectivity index (χ1n) is 7.56. The number of benzene rings is 1. The number of carbonyl (C=O) groups excluding carboxylic acids is 2. The van der Waals surface area contributed by atoms with Crippen molar-refractivity contribution in [3.63, 3.8) is 0 Å². The van der Waals surface area contributed by atoms with Crippen LogP contribution < -0.4 is 14.8 Å². The molecule has 0 bridgehead atoms. The molecule has 0 saturated carbocycles. The molecule has 1 aromatic rings. The monoisotopic (exact) mass is 322 g/mol. The van der Waals surface area contributed by atoms with Crippen LogP contribution in [0.25, 0.3) is 0 Å². The van der Waals surface area contributed by atoms with Gasteiger partial charge in [0.25, 0.3) is 5.91 Å². The second kappa shape index (κ2) is 7.43. The molecule has 1 atom stereocenters. The number of rotatable bonds is 7. The molecule has 1 aliphatic rings. The Morgan fingerprint density at radius 1 is 1.22 bits per heavy atom. The van der Waals surface area contributed by atoms with Gasteiger partial charge in [0, 0.05) is 20.5 Å². The highest BCUT2D eigenvalue weighted by atomic mass is 16.5. The lowest BCUT2D eigenvalue weighted by atomic mass is 10.1. The molecule has 1 fully saturated rings. The predicted octanol–water partition coefficient (Wildman–Crippen LogP) is -0.586. The quantitative estimate of drug-likeness (QED) is 0.680. The van der Waals surface area contributed by atoms with Crippen molar-refractivity contribution in [2.75, 3.05) is 34.9 Å². The molecule has 2 N–H and O–H groups in total. The van der Waals surface area contributed by atoms with Crippen LogP contribution in [-0.4, -0.2) is 62.7 Å². The SMILES string of the molecule is COc1ccc(CC[NH2+][C@H]2CC(=O)N(N(C)C)C2=O)cc1OC. The molecular formula is C16H24N3O4+. The van der Waals surface area contributed by atoms with Gasteiger partial charge in [-0.1, -0.05) is 6.07 Å². The fraction of sp³-hybridized carbons (Fsp3) is 0.500. The summed E-state index contributed by atoms with van der Waals surface area (Å²) in [5.41, 5.74) is 1.10. The number of carbonyl (C=O) groups is 2. The van der Waals surface area contributed by atoms with Crippen LogP contribution in [-0.2, 0) is 16.0 Å². The first-order chi connectivity index (χ1) is 11.0. The van der Waals surface area contributed by atoms with Gasteiger partial charge >= 0.3 is 5.91 Å². The molecule has 1 saturated heterocycles. The Morgan fingerprint density at radius 2 is 1.91 bits per heavy atom. The fourth-order valence-electron chi connectivity index (χ4n) is 2.73. The largest absolute Gasteiger partial charge is 0.493 e. The van der Waals surface area contributed by atoms with E-state index in [9.17, 15) is 9.59 Å². The van der Waals surface area contributed by atoms with Gasteiger partial charge in [-0.15, -0.1) is 0 Å². The molecule has 0 aromatic heterocycles. The number of hydrazine groups is 1. The Balaban J connectivity index is 1.91. The number of hydrogen-bond acceptors (Lipinski definition) is 5. The average Bonchev–Trinajstić information content (AvgIpc) is 2.81. The average molecular weight is 322 g/mol. The molecule has 1 heterocycles. The minimum absolute atomic E-state index is 0.146. The maximum absolute atomic E-state index is 12.2. The smallest absolute Gasteiger partial charge is 0.302 e. The predicted molar refractivity (Wildman–Crippen MR) is 84.0 cm³/mol. The van der Waals surface area contributed by atoms with Crippen LogP contribution in [0.1, 0.15) is 12.0 Å². The molecule has 1 aliphatic heterocycles. The molecule has 0 radical (unpaired) electrons. The van der Waals surface area contributed by atoms with Crippen LogP contribution in [0.4, 0.5) is 0 Å². The Morgan fingerprint density at radius 3 is 2.48 bits per heavy atom. The fourth-order valence-corrected chi connectivity index (χ4v) is 2.73. The van der Waals surface area contributed by atoms with Gasteiger partial charge in [-0.3, -0.25) is 9.59 Å². The highest BCUT2D eigenvalue weighted by molar-refractivity contribution is 6.04. The van der Waals surface area contributed by atoms with E-state index in [0.29, 0.717) is 11.5 Å². The van der Waals surface area contributed by atoms with Gasteiger partial charge in [0.15, 0.2) is 17.5 Å². The van der Waals surface area contributed by atoms with Crippen molar-refractivity contribution in [3.05, 3.63) is 23.8 Å². The van der Waals surface area contributed by atoms with E-state index in [1.165, 1.54) is 10.0 Å². The third-order valence-electron chi connectivity index (χ3n) is 3.89. The summed E-state index contributed by atoms with van der Waals surface area (Å²) in [6.07, 6.45) is 1.03. The first kappa shape index (κ1) is 17.2. The zero-order chi connectivity index (χ0) is 17.0. The van der Waals surface area contributed by atoms with Gasteiger partial charge in [-0.05, 0) is 17.7 Å². The van der Waals surface area contributed by atoms with Gasteiger partial charge in [-0.25, -0.2) is 10.0 Å². The van der Waals surface area contributed by atoms with Crippen LogP contribution in [0.3, 0.4) is 0 Å². The van der Waals surface area contributed by atoms with Crippen molar-refractivity contribution in [1.29, 1.82) is 0 Å². The van der Waals surface area contributed by atoms with E-state index in [4.69, 9.17) is 9.47 Å². The second-order valence-electron chi connectivity index (χ2n) is 5.67. The van der Waals surface area contributed by atoms with E-state index in [-0.39, 0.29) is 24.3 Å². The summed E-state index contributed by atoms with van der Waals surface area (Å²) in [6, 6.07) is 5.44. The number of nitrogens with zero attached hydrogens (tertiary/aromatic N) is 2. The molecule has 0 unspecified atom stereocenters. The Hall–Kier alpha value is -2.12. The van der Waals surface area contributed by atoms with E-state index >= 15 is 0 Å². The molecule has 2 amide bonds. The first-order valence-corrected chi connectivity index (χ1v) is 7.56. The molecule has 23 heavy (non-hydrogen) atoms. The van der Waals surface area contributed by atoms with Crippen LogP contribution in [0.5, 0.6) is 11.5 Å². The maximum atomic E-state index is 12.2. The zero-order valence-corrected chi connectivity index (χ0v) is 14.0. The van der Waals surface area contributed by atoms with Crippen molar-refractivity contribution in [1.82, 2.24) is 10.0 Å². The molecule has 2 rings (SSSR count). The number of nitrogens with two attached hydrogens (primary N) is 1. The number of amides is 2. The number of quaternary nitrogens is 1. The summed E-state index contributed by atoms with van der Waals surface area (Å²) in [6.45, 7) is 0.723. The van der Waals surface area contributed by atoms with Crippen LogP contribution in [0, 0.1) is 0 Å². The Bertz CT molecular complexity index is 589. The number of imide groups is 1. The van der Waals surface area contributed by atoms with Gasteiger partial charge in [-0.2, -0.15) is 0 Å². The summed E-state index contributed by atoms with van der Waals surface area (Å²) in [7, 11) is 6.60. The minimum atomic E-state index is -0.329.